The van der Waals surface area contributed by atoms with Gasteiger partial charge in [-0.25, -0.2) is 0 Å². The number of hydrogen-bond donors (Lipinski definition) is 2. The van der Waals surface area contributed by atoms with Crippen molar-refractivity contribution in [2.45, 2.75) is 46.1 Å². The highest BCUT2D eigenvalue weighted by Gasteiger charge is 2.04. The van der Waals surface area contributed by atoms with E-state index in [0.717, 1.165) is 25.6 Å². The molecule has 1 heterocycles. The quantitative estimate of drug-likeness (QED) is 0.664. The van der Waals surface area contributed by atoms with E-state index in [4.69, 9.17) is 5.73 Å². The minimum atomic E-state index is 0.825. The summed E-state index contributed by atoms with van der Waals surface area (Å²) < 4.78 is 0. The van der Waals surface area contributed by atoms with Gasteiger partial charge in [-0.15, -0.1) is 11.3 Å². The normalized spacial score (nSPS) is 12.9. The molecule has 1 atom stereocenters. The predicted octanol–water partition coefficient (Wildman–Crippen LogP) is 3.30. The van der Waals surface area contributed by atoms with Gasteiger partial charge in [0, 0.05) is 16.3 Å². The summed E-state index contributed by atoms with van der Waals surface area (Å²) >= 11 is 1.89. The van der Waals surface area contributed by atoms with Gasteiger partial charge in [-0.3, -0.25) is 0 Å². The smallest absolute Gasteiger partial charge is 0.0299 e. The summed E-state index contributed by atoms with van der Waals surface area (Å²) in [6, 6.07) is 4.41. The average Bonchev–Trinajstić information content (AvgIpc) is 2.73. The van der Waals surface area contributed by atoms with Crippen molar-refractivity contribution in [2.75, 3.05) is 13.1 Å². The fourth-order valence-corrected chi connectivity index (χ4v) is 2.96. The van der Waals surface area contributed by atoms with Gasteiger partial charge in [0.2, 0.25) is 0 Å². The monoisotopic (exact) mass is 254 g/mol. The lowest BCUT2D eigenvalue weighted by Gasteiger charge is -2.13. The van der Waals surface area contributed by atoms with Crippen LogP contribution in [0.3, 0.4) is 0 Å². The fraction of sp³-hybridized carbons (Fsp3) is 0.714. The Morgan fingerprint density at radius 3 is 2.76 bits per heavy atom. The lowest BCUT2D eigenvalue weighted by atomic mass is 9.97. The van der Waals surface area contributed by atoms with E-state index in [1.54, 1.807) is 0 Å². The number of thiophene rings is 1. The van der Waals surface area contributed by atoms with Crippen molar-refractivity contribution in [2.24, 2.45) is 11.7 Å². The van der Waals surface area contributed by atoms with Crippen molar-refractivity contribution in [1.82, 2.24) is 5.32 Å². The Balaban J connectivity index is 2.04. The second-order valence-electron chi connectivity index (χ2n) is 4.68. The molecule has 1 aromatic heterocycles. The third-order valence-electron chi connectivity index (χ3n) is 3.21. The standard InChI is InChI=1S/C14H26N2S/c1-3-13(8-9-15)5-4-10-16-11-14-7-6-12(2)17-14/h6-7,13,16H,3-5,8-11,15H2,1-2H3. The van der Waals surface area contributed by atoms with E-state index < -0.39 is 0 Å². The summed E-state index contributed by atoms with van der Waals surface area (Å²) in [6.07, 6.45) is 5.02. The Hall–Kier alpha value is -0.380. The molecule has 0 fully saturated rings. The highest BCUT2D eigenvalue weighted by Crippen LogP contribution is 2.15. The Kier molecular flexibility index (Phi) is 7.49. The van der Waals surface area contributed by atoms with Crippen molar-refractivity contribution in [3.63, 3.8) is 0 Å². The van der Waals surface area contributed by atoms with E-state index in [1.807, 2.05) is 11.3 Å². The Bertz CT molecular complexity index is 296. The molecule has 1 unspecified atom stereocenters. The summed E-state index contributed by atoms with van der Waals surface area (Å²) in [4.78, 5) is 2.84. The van der Waals surface area contributed by atoms with Crippen LogP contribution in [0.4, 0.5) is 0 Å². The van der Waals surface area contributed by atoms with Crippen molar-refractivity contribution in [3.8, 4) is 0 Å². The Morgan fingerprint density at radius 1 is 1.35 bits per heavy atom. The SMILES string of the molecule is CCC(CCN)CCCNCc1ccc(C)s1. The highest BCUT2D eigenvalue weighted by molar-refractivity contribution is 7.11. The van der Waals surface area contributed by atoms with Crippen LogP contribution in [0.25, 0.3) is 0 Å². The molecule has 0 spiro atoms. The maximum absolute atomic E-state index is 5.60. The zero-order valence-corrected chi connectivity index (χ0v) is 12.0. The van der Waals surface area contributed by atoms with E-state index in [0.29, 0.717) is 0 Å². The van der Waals surface area contributed by atoms with Gasteiger partial charge in [0.05, 0.1) is 0 Å². The van der Waals surface area contributed by atoms with Gasteiger partial charge >= 0.3 is 0 Å². The lowest BCUT2D eigenvalue weighted by Crippen LogP contribution is -2.16. The van der Waals surface area contributed by atoms with Crippen LogP contribution in [-0.4, -0.2) is 13.1 Å². The van der Waals surface area contributed by atoms with Crippen LogP contribution in [-0.2, 0) is 6.54 Å². The molecule has 98 valence electrons. The summed E-state index contributed by atoms with van der Waals surface area (Å²) in [5.41, 5.74) is 5.60. The fourth-order valence-electron chi connectivity index (χ4n) is 2.10. The molecule has 0 aliphatic rings. The maximum atomic E-state index is 5.60. The molecule has 0 radical (unpaired) electrons. The van der Waals surface area contributed by atoms with Gasteiger partial charge in [-0.2, -0.15) is 0 Å². The number of hydrogen-bond acceptors (Lipinski definition) is 3. The van der Waals surface area contributed by atoms with Gasteiger partial charge in [0.15, 0.2) is 0 Å². The summed E-state index contributed by atoms with van der Waals surface area (Å²) in [6.45, 7) is 7.40. The van der Waals surface area contributed by atoms with Crippen LogP contribution < -0.4 is 11.1 Å². The van der Waals surface area contributed by atoms with Crippen LogP contribution in [0.5, 0.6) is 0 Å². The number of nitrogens with one attached hydrogen (secondary N) is 1. The van der Waals surface area contributed by atoms with Gasteiger partial charge in [0.25, 0.3) is 0 Å². The molecule has 17 heavy (non-hydrogen) atoms. The molecular formula is C14H26N2S. The molecule has 1 aromatic rings. The third-order valence-corrected chi connectivity index (χ3v) is 4.21. The molecule has 1 rings (SSSR count). The molecule has 0 saturated carbocycles. The first-order valence-corrected chi connectivity index (χ1v) is 7.54. The van der Waals surface area contributed by atoms with Gasteiger partial charge < -0.3 is 11.1 Å². The second kappa shape index (κ2) is 8.67. The Morgan fingerprint density at radius 2 is 2.18 bits per heavy atom. The van der Waals surface area contributed by atoms with Crippen LogP contribution in [0, 0.1) is 12.8 Å². The zero-order valence-electron chi connectivity index (χ0n) is 11.2. The summed E-state index contributed by atoms with van der Waals surface area (Å²) in [7, 11) is 0. The van der Waals surface area contributed by atoms with E-state index in [1.165, 1.54) is 35.4 Å². The van der Waals surface area contributed by atoms with Crippen molar-refractivity contribution < 1.29 is 0 Å². The molecule has 0 aliphatic carbocycles. The van der Waals surface area contributed by atoms with Gasteiger partial charge in [-0.05, 0) is 57.3 Å². The molecule has 2 nitrogen and oxygen atoms in total. The highest BCUT2D eigenvalue weighted by atomic mass is 32.1. The molecule has 0 amide bonds. The first kappa shape index (κ1) is 14.7. The molecule has 0 aliphatic heterocycles. The topological polar surface area (TPSA) is 38.0 Å². The van der Waals surface area contributed by atoms with Crippen molar-refractivity contribution in [3.05, 3.63) is 21.9 Å². The summed E-state index contributed by atoms with van der Waals surface area (Å²) in [5.74, 6) is 0.825. The second-order valence-corrected chi connectivity index (χ2v) is 6.06. The molecule has 0 bridgehead atoms. The van der Waals surface area contributed by atoms with Gasteiger partial charge in [-0.1, -0.05) is 13.3 Å². The lowest BCUT2D eigenvalue weighted by molar-refractivity contribution is 0.422. The van der Waals surface area contributed by atoms with Crippen LogP contribution in [0.1, 0.15) is 42.4 Å². The van der Waals surface area contributed by atoms with Crippen molar-refractivity contribution in [1.29, 1.82) is 0 Å². The van der Waals surface area contributed by atoms with E-state index in [2.05, 4.69) is 31.3 Å². The maximum Gasteiger partial charge on any atom is 0.0299 e. The first-order chi connectivity index (χ1) is 8.26. The summed E-state index contributed by atoms with van der Waals surface area (Å²) in [5, 5.41) is 3.52. The van der Waals surface area contributed by atoms with E-state index in [-0.39, 0.29) is 0 Å². The van der Waals surface area contributed by atoms with Gasteiger partial charge in [0.1, 0.15) is 0 Å². The zero-order chi connectivity index (χ0) is 12.5. The molecular weight excluding hydrogens is 228 g/mol. The van der Waals surface area contributed by atoms with Crippen molar-refractivity contribution >= 4 is 11.3 Å². The average molecular weight is 254 g/mol. The molecule has 3 N–H and O–H groups in total. The minimum Gasteiger partial charge on any atom is -0.330 e. The minimum absolute atomic E-state index is 0.825. The molecule has 0 saturated heterocycles. The molecule has 3 heteroatoms. The Labute approximate surface area is 110 Å². The van der Waals surface area contributed by atoms with Crippen LogP contribution in [0.15, 0.2) is 12.1 Å². The third kappa shape index (κ3) is 6.20. The first-order valence-electron chi connectivity index (χ1n) is 6.72. The van der Waals surface area contributed by atoms with Crippen LogP contribution in [0.2, 0.25) is 0 Å². The van der Waals surface area contributed by atoms with Crippen LogP contribution >= 0.6 is 11.3 Å². The number of aryl methyl sites for hydroxylation is 1. The molecule has 0 aromatic carbocycles. The number of rotatable bonds is 9. The van der Waals surface area contributed by atoms with E-state index >= 15 is 0 Å². The largest absolute Gasteiger partial charge is 0.330 e. The van der Waals surface area contributed by atoms with E-state index in [9.17, 15) is 0 Å². The predicted molar refractivity (Wildman–Crippen MR) is 77.4 cm³/mol. The number of nitrogens with two attached hydrogens (primary N) is 1.